The molecule has 0 aliphatic rings. The number of carbonyl (C=O) groups is 1. The minimum absolute atomic E-state index is 0.156. The van der Waals surface area contributed by atoms with E-state index in [1.807, 2.05) is 18.2 Å². The fourth-order valence-electron chi connectivity index (χ4n) is 2.77. The summed E-state index contributed by atoms with van der Waals surface area (Å²) in [5.74, 6) is -0.0978. The summed E-state index contributed by atoms with van der Waals surface area (Å²) >= 11 is 0. The minimum atomic E-state index is -4.55. The summed E-state index contributed by atoms with van der Waals surface area (Å²) in [4.78, 5) is 22.9. The van der Waals surface area contributed by atoms with Crippen LogP contribution in [-0.4, -0.2) is 34.0 Å². The molecule has 9 heteroatoms. The van der Waals surface area contributed by atoms with Crippen molar-refractivity contribution in [1.82, 2.24) is 20.3 Å². The Labute approximate surface area is 164 Å². The van der Waals surface area contributed by atoms with Gasteiger partial charge in [0, 0.05) is 12.2 Å². The van der Waals surface area contributed by atoms with Crippen LogP contribution < -0.4 is 10.1 Å². The SMILES string of the molecule is COc1cncc(/C=C/C[C@H](C)NC(=O)c2nc3c(C(F)(F)F)cccc3[nH]2)c1. The van der Waals surface area contributed by atoms with E-state index in [4.69, 9.17) is 4.74 Å². The number of carbonyl (C=O) groups excluding carboxylic acids is 1. The molecule has 0 saturated heterocycles. The standard InChI is InChI=1S/C20H19F3N4O2/c1-12(5-3-6-13-9-14(29-2)11-24-10-13)25-19(28)18-26-16-8-4-7-15(17(16)27-18)20(21,22)23/h3-4,6-12H,5H2,1-2H3,(H,25,28)(H,26,27)/b6-3+/t12-/m0/s1. The van der Waals surface area contributed by atoms with Crippen LogP contribution in [0.4, 0.5) is 13.2 Å². The van der Waals surface area contributed by atoms with Gasteiger partial charge in [0.1, 0.15) is 11.3 Å². The number of alkyl halides is 3. The molecule has 1 aromatic carbocycles. The van der Waals surface area contributed by atoms with E-state index in [-0.39, 0.29) is 22.9 Å². The van der Waals surface area contributed by atoms with Crippen molar-refractivity contribution in [1.29, 1.82) is 0 Å². The van der Waals surface area contributed by atoms with Gasteiger partial charge >= 0.3 is 6.18 Å². The van der Waals surface area contributed by atoms with Crippen molar-refractivity contribution in [2.24, 2.45) is 0 Å². The number of rotatable bonds is 6. The number of aromatic amines is 1. The highest BCUT2D eigenvalue weighted by atomic mass is 19.4. The lowest BCUT2D eigenvalue weighted by Gasteiger charge is -2.10. The number of ether oxygens (including phenoxy) is 1. The summed E-state index contributed by atoms with van der Waals surface area (Å²) in [7, 11) is 1.55. The maximum atomic E-state index is 13.1. The van der Waals surface area contributed by atoms with Gasteiger partial charge in [0.2, 0.25) is 0 Å². The average molecular weight is 404 g/mol. The first-order valence-corrected chi connectivity index (χ1v) is 8.80. The number of amides is 1. The summed E-state index contributed by atoms with van der Waals surface area (Å²) in [6.45, 7) is 1.79. The molecule has 6 nitrogen and oxygen atoms in total. The van der Waals surface area contributed by atoms with E-state index >= 15 is 0 Å². The Bertz CT molecular complexity index is 1040. The molecule has 0 aliphatic heterocycles. The van der Waals surface area contributed by atoms with E-state index in [0.29, 0.717) is 12.2 Å². The van der Waals surface area contributed by atoms with Crippen LogP contribution in [0.2, 0.25) is 0 Å². The lowest BCUT2D eigenvalue weighted by Crippen LogP contribution is -2.32. The number of hydrogen-bond acceptors (Lipinski definition) is 4. The molecule has 0 radical (unpaired) electrons. The zero-order valence-electron chi connectivity index (χ0n) is 15.7. The number of benzene rings is 1. The second kappa shape index (κ2) is 8.34. The molecule has 3 rings (SSSR count). The van der Waals surface area contributed by atoms with Crippen molar-refractivity contribution in [2.75, 3.05) is 7.11 Å². The third-order valence-corrected chi connectivity index (χ3v) is 4.18. The van der Waals surface area contributed by atoms with Crippen molar-refractivity contribution in [2.45, 2.75) is 25.6 Å². The Hall–Kier alpha value is -3.36. The van der Waals surface area contributed by atoms with E-state index in [0.717, 1.165) is 11.6 Å². The molecule has 1 amide bonds. The first-order valence-electron chi connectivity index (χ1n) is 8.80. The minimum Gasteiger partial charge on any atom is -0.495 e. The van der Waals surface area contributed by atoms with Crippen LogP contribution in [0.3, 0.4) is 0 Å². The number of hydrogen-bond donors (Lipinski definition) is 2. The highest BCUT2D eigenvalue weighted by molar-refractivity contribution is 5.95. The summed E-state index contributed by atoms with van der Waals surface area (Å²) in [5.41, 5.74) is -0.153. The van der Waals surface area contributed by atoms with Crippen molar-refractivity contribution >= 4 is 23.0 Å². The van der Waals surface area contributed by atoms with Crippen molar-refractivity contribution < 1.29 is 22.7 Å². The number of aromatic nitrogens is 3. The van der Waals surface area contributed by atoms with Gasteiger partial charge in [0.15, 0.2) is 5.82 Å². The monoisotopic (exact) mass is 404 g/mol. The summed E-state index contributed by atoms with van der Waals surface area (Å²) < 4.78 is 44.4. The largest absolute Gasteiger partial charge is 0.495 e. The number of methoxy groups -OCH3 is 1. The molecular formula is C20H19F3N4O2. The van der Waals surface area contributed by atoms with Crippen molar-refractivity contribution in [3.05, 3.63) is 59.7 Å². The third-order valence-electron chi connectivity index (χ3n) is 4.18. The van der Waals surface area contributed by atoms with Gasteiger partial charge in [0.05, 0.1) is 24.4 Å². The highest BCUT2D eigenvalue weighted by Crippen LogP contribution is 2.33. The van der Waals surface area contributed by atoms with Crippen molar-refractivity contribution in [3.63, 3.8) is 0 Å². The molecule has 29 heavy (non-hydrogen) atoms. The zero-order valence-corrected chi connectivity index (χ0v) is 15.7. The molecule has 0 aliphatic carbocycles. The van der Waals surface area contributed by atoms with Gasteiger partial charge in [-0.1, -0.05) is 18.2 Å². The van der Waals surface area contributed by atoms with Gasteiger partial charge in [0.25, 0.3) is 5.91 Å². The van der Waals surface area contributed by atoms with Crippen LogP contribution in [0.15, 0.2) is 42.7 Å². The molecule has 1 atom stereocenters. The lowest BCUT2D eigenvalue weighted by molar-refractivity contribution is -0.136. The molecular weight excluding hydrogens is 385 g/mol. The fourth-order valence-corrected chi connectivity index (χ4v) is 2.77. The second-order valence-electron chi connectivity index (χ2n) is 6.46. The molecule has 0 bridgehead atoms. The predicted octanol–water partition coefficient (Wildman–Crippen LogP) is 4.21. The Morgan fingerprint density at radius 2 is 2.14 bits per heavy atom. The van der Waals surface area contributed by atoms with Crippen LogP contribution in [0, 0.1) is 0 Å². The fraction of sp³-hybridized carbons (Fsp3) is 0.250. The number of nitrogens with zero attached hydrogens (tertiary/aromatic N) is 2. The van der Waals surface area contributed by atoms with E-state index in [1.165, 1.54) is 12.1 Å². The first kappa shape index (κ1) is 20.4. The molecule has 3 aromatic rings. The molecule has 0 spiro atoms. The number of imidazole rings is 1. The Balaban J connectivity index is 1.66. The van der Waals surface area contributed by atoms with Crippen LogP contribution in [0.1, 0.15) is 35.1 Å². The molecule has 0 fully saturated rings. The number of halogens is 3. The quantitative estimate of drug-likeness (QED) is 0.645. The van der Waals surface area contributed by atoms with Crippen LogP contribution in [0.25, 0.3) is 17.1 Å². The second-order valence-corrected chi connectivity index (χ2v) is 6.46. The van der Waals surface area contributed by atoms with E-state index < -0.39 is 17.6 Å². The van der Waals surface area contributed by atoms with Gasteiger partial charge in [-0.25, -0.2) is 4.98 Å². The molecule has 2 N–H and O–H groups in total. The van der Waals surface area contributed by atoms with E-state index in [2.05, 4.69) is 20.3 Å². The van der Waals surface area contributed by atoms with Crippen molar-refractivity contribution in [3.8, 4) is 5.75 Å². The summed E-state index contributed by atoms with van der Waals surface area (Å²) in [5, 5.41) is 2.72. The molecule has 152 valence electrons. The molecule has 2 heterocycles. The number of nitrogens with one attached hydrogen (secondary N) is 2. The lowest BCUT2D eigenvalue weighted by atomic mass is 10.2. The third kappa shape index (κ3) is 4.92. The Morgan fingerprint density at radius 1 is 1.34 bits per heavy atom. The normalized spacial score (nSPS) is 13.0. The Morgan fingerprint density at radius 3 is 2.86 bits per heavy atom. The van der Waals surface area contributed by atoms with Gasteiger partial charge in [-0.2, -0.15) is 13.2 Å². The van der Waals surface area contributed by atoms with E-state index in [9.17, 15) is 18.0 Å². The molecule has 2 aromatic heterocycles. The van der Waals surface area contributed by atoms with E-state index in [1.54, 1.807) is 26.4 Å². The van der Waals surface area contributed by atoms with Crippen LogP contribution in [-0.2, 0) is 6.18 Å². The average Bonchev–Trinajstić information content (AvgIpc) is 3.11. The summed E-state index contributed by atoms with van der Waals surface area (Å²) in [6.07, 6.45) is 2.94. The Kier molecular flexibility index (Phi) is 5.86. The predicted molar refractivity (Wildman–Crippen MR) is 102 cm³/mol. The van der Waals surface area contributed by atoms with Gasteiger partial charge in [-0.3, -0.25) is 9.78 Å². The van der Waals surface area contributed by atoms with Crippen LogP contribution in [0.5, 0.6) is 5.75 Å². The smallest absolute Gasteiger partial charge is 0.418 e. The first-order chi connectivity index (χ1) is 13.8. The molecule has 0 unspecified atom stereocenters. The molecule has 0 saturated carbocycles. The van der Waals surface area contributed by atoms with Crippen LogP contribution >= 0.6 is 0 Å². The number of fused-ring (bicyclic) bond motifs is 1. The van der Waals surface area contributed by atoms with Gasteiger partial charge in [-0.15, -0.1) is 0 Å². The zero-order chi connectivity index (χ0) is 21.0. The number of H-pyrrole nitrogens is 1. The number of para-hydroxylation sites is 1. The van der Waals surface area contributed by atoms with Gasteiger partial charge in [-0.05, 0) is 37.1 Å². The van der Waals surface area contributed by atoms with Gasteiger partial charge < -0.3 is 15.0 Å². The highest BCUT2D eigenvalue weighted by Gasteiger charge is 2.34. The topological polar surface area (TPSA) is 79.9 Å². The summed E-state index contributed by atoms with van der Waals surface area (Å²) in [6, 6.07) is 5.22. The number of pyridine rings is 1. The maximum Gasteiger partial charge on any atom is 0.418 e. The maximum absolute atomic E-state index is 13.1.